The maximum Gasteiger partial charge on any atom is 0.406 e. The van der Waals surface area contributed by atoms with Gasteiger partial charge in [0.15, 0.2) is 0 Å². The Morgan fingerprint density at radius 1 is 1.50 bits per heavy atom. The molecule has 1 aromatic rings. The molecule has 1 aliphatic carbocycles. The third-order valence-corrected chi connectivity index (χ3v) is 2.98. The average Bonchev–Trinajstić information content (AvgIpc) is 3.19. The van der Waals surface area contributed by atoms with E-state index in [-0.39, 0.29) is 11.6 Å². The molecule has 0 radical (unpaired) electrons. The summed E-state index contributed by atoms with van der Waals surface area (Å²) in [6, 6.07) is 2.74. The Bertz CT molecular complexity index is 486. The number of nitrogens with zero attached hydrogens (tertiary/aromatic N) is 2. The van der Waals surface area contributed by atoms with Crippen LogP contribution in [0.2, 0.25) is 0 Å². The first kappa shape index (κ1) is 14.6. The lowest BCUT2D eigenvalue weighted by Crippen LogP contribution is -2.40. The highest BCUT2D eigenvalue weighted by molar-refractivity contribution is 5.99. The fraction of sp³-hybridized carbons (Fsp3) is 0.538. The van der Waals surface area contributed by atoms with E-state index in [1.54, 1.807) is 6.07 Å². The highest BCUT2D eigenvalue weighted by Crippen LogP contribution is 2.32. The van der Waals surface area contributed by atoms with Crippen molar-refractivity contribution in [1.82, 2.24) is 9.88 Å². The van der Waals surface area contributed by atoms with Gasteiger partial charge in [-0.05, 0) is 31.9 Å². The molecule has 0 atom stereocenters. The fourth-order valence-electron chi connectivity index (χ4n) is 1.99. The van der Waals surface area contributed by atoms with Crippen LogP contribution in [-0.2, 0) is 0 Å². The van der Waals surface area contributed by atoms with Gasteiger partial charge in [-0.25, -0.2) is 4.98 Å². The van der Waals surface area contributed by atoms with Gasteiger partial charge >= 0.3 is 6.18 Å². The minimum absolute atomic E-state index is 0.186. The van der Waals surface area contributed by atoms with E-state index in [0.717, 1.165) is 4.90 Å². The van der Waals surface area contributed by atoms with Gasteiger partial charge in [-0.15, -0.1) is 0 Å². The van der Waals surface area contributed by atoms with E-state index >= 15 is 0 Å². The van der Waals surface area contributed by atoms with Crippen LogP contribution in [0.5, 0.6) is 0 Å². The molecule has 0 unspecified atom stereocenters. The molecule has 7 heteroatoms. The fourth-order valence-corrected chi connectivity index (χ4v) is 1.99. The standard InChI is InChI=1S/C13H16F3N3O/c1-2-17-11-10(4-3-7-18-11)12(20)19(9-5-6-9)8-13(14,15)16/h3-4,7,9H,2,5-6,8H2,1H3,(H,17,18). The van der Waals surface area contributed by atoms with E-state index in [9.17, 15) is 18.0 Å². The molecule has 0 spiro atoms. The molecule has 1 saturated carbocycles. The number of carbonyl (C=O) groups is 1. The minimum atomic E-state index is -4.39. The summed E-state index contributed by atoms with van der Waals surface area (Å²) in [4.78, 5) is 17.3. The third kappa shape index (κ3) is 3.61. The molecular weight excluding hydrogens is 271 g/mol. The van der Waals surface area contributed by atoms with Crippen LogP contribution in [0.25, 0.3) is 0 Å². The van der Waals surface area contributed by atoms with Gasteiger partial charge in [0.1, 0.15) is 12.4 Å². The van der Waals surface area contributed by atoms with E-state index in [2.05, 4.69) is 10.3 Å². The second-order valence-electron chi connectivity index (χ2n) is 4.71. The summed E-state index contributed by atoms with van der Waals surface area (Å²) in [5.74, 6) is -0.290. The first-order valence-corrected chi connectivity index (χ1v) is 6.49. The molecule has 2 rings (SSSR count). The first-order valence-electron chi connectivity index (χ1n) is 6.49. The summed E-state index contributed by atoms with van der Waals surface area (Å²) >= 11 is 0. The van der Waals surface area contributed by atoms with Gasteiger partial charge in [0.05, 0.1) is 5.56 Å². The van der Waals surface area contributed by atoms with E-state index in [0.29, 0.717) is 25.2 Å². The van der Waals surface area contributed by atoms with E-state index in [1.807, 2.05) is 6.92 Å². The Labute approximate surface area is 115 Å². The molecule has 0 aromatic carbocycles. The monoisotopic (exact) mass is 287 g/mol. The second kappa shape index (κ2) is 5.68. The Morgan fingerprint density at radius 3 is 2.75 bits per heavy atom. The van der Waals surface area contributed by atoms with Gasteiger partial charge in [0, 0.05) is 18.8 Å². The van der Waals surface area contributed by atoms with Crippen molar-refractivity contribution in [2.24, 2.45) is 0 Å². The quantitative estimate of drug-likeness (QED) is 0.905. The molecular formula is C13H16F3N3O. The molecule has 1 aromatic heterocycles. The van der Waals surface area contributed by atoms with Crippen LogP contribution in [0.4, 0.5) is 19.0 Å². The molecule has 0 bridgehead atoms. The summed E-state index contributed by atoms with van der Waals surface area (Å²) < 4.78 is 37.8. The number of hydrogen-bond donors (Lipinski definition) is 1. The molecule has 0 saturated heterocycles. The van der Waals surface area contributed by atoms with Gasteiger partial charge in [-0.1, -0.05) is 0 Å². The number of amides is 1. The van der Waals surface area contributed by atoms with Gasteiger partial charge in [-0.2, -0.15) is 13.2 Å². The number of halogens is 3. The minimum Gasteiger partial charge on any atom is -0.370 e. The van der Waals surface area contributed by atoms with Gasteiger partial charge < -0.3 is 10.2 Å². The normalized spacial score (nSPS) is 15.0. The number of aromatic nitrogens is 1. The number of nitrogens with one attached hydrogen (secondary N) is 1. The Hall–Kier alpha value is -1.79. The van der Waals surface area contributed by atoms with Crippen LogP contribution < -0.4 is 5.32 Å². The molecule has 110 valence electrons. The van der Waals surface area contributed by atoms with Crippen molar-refractivity contribution in [3.63, 3.8) is 0 Å². The topological polar surface area (TPSA) is 45.2 Å². The molecule has 1 amide bonds. The van der Waals surface area contributed by atoms with Gasteiger partial charge in [0.2, 0.25) is 0 Å². The number of hydrogen-bond acceptors (Lipinski definition) is 3. The zero-order valence-corrected chi connectivity index (χ0v) is 11.1. The molecule has 1 fully saturated rings. The maximum absolute atomic E-state index is 12.6. The smallest absolute Gasteiger partial charge is 0.370 e. The summed E-state index contributed by atoms with van der Waals surface area (Å²) in [5.41, 5.74) is 0.186. The highest BCUT2D eigenvalue weighted by Gasteiger charge is 2.41. The number of carbonyl (C=O) groups excluding carboxylic acids is 1. The molecule has 1 N–H and O–H groups in total. The maximum atomic E-state index is 12.6. The van der Waals surface area contributed by atoms with Crippen molar-refractivity contribution in [2.75, 3.05) is 18.4 Å². The number of alkyl halides is 3. The first-order chi connectivity index (χ1) is 9.42. The predicted octanol–water partition coefficient (Wildman–Crippen LogP) is 2.68. The van der Waals surface area contributed by atoms with Crippen LogP contribution in [0.1, 0.15) is 30.1 Å². The van der Waals surface area contributed by atoms with Crippen LogP contribution in [0, 0.1) is 0 Å². The van der Waals surface area contributed by atoms with Crippen molar-refractivity contribution in [1.29, 1.82) is 0 Å². The lowest BCUT2D eigenvalue weighted by Gasteiger charge is -2.24. The Morgan fingerprint density at radius 2 is 2.20 bits per heavy atom. The van der Waals surface area contributed by atoms with E-state index in [1.165, 1.54) is 12.3 Å². The van der Waals surface area contributed by atoms with Crippen LogP contribution >= 0.6 is 0 Å². The van der Waals surface area contributed by atoms with E-state index in [4.69, 9.17) is 0 Å². The second-order valence-corrected chi connectivity index (χ2v) is 4.71. The Balaban J connectivity index is 2.23. The zero-order valence-electron chi connectivity index (χ0n) is 11.1. The summed E-state index contributed by atoms with van der Waals surface area (Å²) in [5, 5.41) is 2.89. The summed E-state index contributed by atoms with van der Waals surface area (Å²) in [6.07, 6.45) is -1.64. The van der Waals surface area contributed by atoms with Gasteiger partial charge in [0.25, 0.3) is 5.91 Å². The van der Waals surface area contributed by atoms with Crippen LogP contribution in [0.15, 0.2) is 18.3 Å². The van der Waals surface area contributed by atoms with Crippen molar-refractivity contribution < 1.29 is 18.0 Å². The number of pyridine rings is 1. The summed E-state index contributed by atoms with van der Waals surface area (Å²) in [6.45, 7) is 1.16. The van der Waals surface area contributed by atoms with Crippen molar-refractivity contribution in [2.45, 2.75) is 32.0 Å². The molecule has 0 aliphatic heterocycles. The highest BCUT2D eigenvalue weighted by atomic mass is 19.4. The number of rotatable bonds is 5. The predicted molar refractivity (Wildman–Crippen MR) is 68.5 cm³/mol. The average molecular weight is 287 g/mol. The lowest BCUT2D eigenvalue weighted by atomic mass is 10.2. The number of anilines is 1. The van der Waals surface area contributed by atoms with Gasteiger partial charge in [-0.3, -0.25) is 4.79 Å². The van der Waals surface area contributed by atoms with E-state index < -0.39 is 18.6 Å². The molecule has 1 heterocycles. The zero-order chi connectivity index (χ0) is 14.8. The molecule has 20 heavy (non-hydrogen) atoms. The molecule has 4 nitrogen and oxygen atoms in total. The van der Waals surface area contributed by atoms with Crippen molar-refractivity contribution in [3.05, 3.63) is 23.9 Å². The largest absolute Gasteiger partial charge is 0.406 e. The van der Waals surface area contributed by atoms with Crippen LogP contribution in [-0.4, -0.2) is 41.1 Å². The van der Waals surface area contributed by atoms with Crippen LogP contribution in [0.3, 0.4) is 0 Å². The summed E-state index contributed by atoms with van der Waals surface area (Å²) in [7, 11) is 0. The molecule has 1 aliphatic rings. The van der Waals surface area contributed by atoms with Crippen molar-refractivity contribution in [3.8, 4) is 0 Å². The SMILES string of the molecule is CCNc1ncccc1C(=O)N(CC(F)(F)F)C1CC1. The lowest BCUT2D eigenvalue weighted by molar-refractivity contribution is -0.141. The Kier molecular flexibility index (Phi) is 4.15. The third-order valence-electron chi connectivity index (χ3n) is 2.98. The van der Waals surface area contributed by atoms with Crippen molar-refractivity contribution >= 4 is 11.7 Å².